The fourth-order valence-electron chi connectivity index (χ4n) is 1.06. The third-order valence-electron chi connectivity index (χ3n) is 1.95. The van der Waals surface area contributed by atoms with Gasteiger partial charge in [0.25, 0.3) is 5.91 Å². The smallest absolute Gasteiger partial charge is 0.271 e. The Kier molecular flexibility index (Phi) is 5.50. The first-order valence-electron chi connectivity index (χ1n) is 5.09. The predicted octanol–water partition coefficient (Wildman–Crippen LogP) is -0.739. The van der Waals surface area contributed by atoms with Crippen molar-refractivity contribution >= 4 is 22.5 Å². The highest BCUT2D eigenvalue weighted by molar-refractivity contribution is 7.84. The van der Waals surface area contributed by atoms with Gasteiger partial charge in [0, 0.05) is 28.9 Å². The normalized spacial score (nSPS) is 11.9. The molecule has 0 radical (unpaired) electrons. The molecule has 0 fully saturated rings. The lowest BCUT2D eigenvalue weighted by atomic mass is 10.4. The van der Waals surface area contributed by atoms with Crippen LogP contribution in [0.5, 0.6) is 0 Å². The number of amides is 1. The van der Waals surface area contributed by atoms with E-state index in [1.807, 2.05) is 6.92 Å². The van der Waals surface area contributed by atoms with Gasteiger partial charge < -0.3 is 10.7 Å². The maximum absolute atomic E-state index is 11.6. The second-order valence-electron chi connectivity index (χ2n) is 3.12. The van der Waals surface area contributed by atoms with Crippen LogP contribution in [0.3, 0.4) is 0 Å². The fraction of sp³-hybridized carbons (Fsp3) is 0.444. The van der Waals surface area contributed by atoms with E-state index in [2.05, 4.69) is 20.7 Å². The van der Waals surface area contributed by atoms with Gasteiger partial charge in [-0.05, 0) is 0 Å². The van der Waals surface area contributed by atoms with Gasteiger partial charge in [-0.25, -0.2) is 10.8 Å². The van der Waals surface area contributed by atoms with E-state index in [0.717, 1.165) is 0 Å². The maximum atomic E-state index is 11.6. The van der Waals surface area contributed by atoms with Gasteiger partial charge in [-0.2, -0.15) is 0 Å². The van der Waals surface area contributed by atoms with E-state index in [1.165, 1.54) is 12.4 Å². The van der Waals surface area contributed by atoms with Gasteiger partial charge in [0.2, 0.25) is 0 Å². The van der Waals surface area contributed by atoms with Gasteiger partial charge in [0.1, 0.15) is 5.69 Å². The number of hydrogen-bond acceptors (Lipinski definition) is 6. The van der Waals surface area contributed by atoms with Crippen LogP contribution in [0.25, 0.3) is 0 Å². The van der Waals surface area contributed by atoms with Crippen molar-refractivity contribution in [1.29, 1.82) is 0 Å². The number of rotatable bonds is 6. The minimum absolute atomic E-state index is 0.169. The largest absolute Gasteiger partial charge is 0.350 e. The highest BCUT2D eigenvalue weighted by atomic mass is 32.2. The third kappa shape index (κ3) is 4.45. The molecule has 0 bridgehead atoms. The molecule has 7 nitrogen and oxygen atoms in total. The Balaban J connectivity index is 2.49. The van der Waals surface area contributed by atoms with Crippen molar-refractivity contribution in [3.05, 3.63) is 18.1 Å². The zero-order chi connectivity index (χ0) is 12.7. The van der Waals surface area contributed by atoms with Crippen LogP contribution in [0.4, 0.5) is 5.82 Å². The number of nitrogens with one attached hydrogen (secondary N) is 2. The monoisotopic (exact) mass is 257 g/mol. The second-order valence-corrected chi connectivity index (χ2v) is 4.99. The lowest BCUT2D eigenvalue weighted by molar-refractivity contribution is 0.0951. The zero-order valence-corrected chi connectivity index (χ0v) is 10.3. The van der Waals surface area contributed by atoms with Gasteiger partial charge in [-0.1, -0.05) is 6.92 Å². The maximum Gasteiger partial charge on any atom is 0.271 e. The van der Waals surface area contributed by atoms with Crippen molar-refractivity contribution in [3.63, 3.8) is 0 Å². The number of carbonyl (C=O) groups is 1. The summed E-state index contributed by atoms with van der Waals surface area (Å²) in [6, 6.07) is 0. The molecule has 94 valence electrons. The standard InChI is InChI=1S/C9H15N5O2S/c1-2-17(16)4-3-12-9(15)7-5-11-6-8(13-7)14-10/h5-6H,2-4,10H2,1H3,(H,12,15)(H,13,14). The van der Waals surface area contributed by atoms with E-state index in [9.17, 15) is 9.00 Å². The van der Waals surface area contributed by atoms with Gasteiger partial charge in [-0.3, -0.25) is 14.0 Å². The molecule has 1 aromatic rings. The molecule has 8 heteroatoms. The molecule has 0 saturated heterocycles. The quantitative estimate of drug-likeness (QED) is 0.457. The molecule has 4 N–H and O–H groups in total. The first-order valence-corrected chi connectivity index (χ1v) is 6.58. The topological polar surface area (TPSA) is 110 Å². The van der Waals surface area contributed by atoms with Crippen LogP contribution in [0.15, 0.2) is 12.4 Å². The number of anilines is 1. The van der Waals surface area contributed by atoms with Gasteiger partial charge in [0.05, 0.1) is 12.4 Å². The molecule has 1 heterocycles. The Bertz CT molecular complexity index is 412. The highest BCUT2D eigenvalue weighted by Crippen LogP contribution is 1.99. The lowest BCUT2D eigenvalue weighted by Crippen LogP contribution is -2.29. The van der Waals surface area contributed by atoms with Crippen molar-refractivity contribution in [3.8, 4) is 0 Å². The molecule has 17 heavy (non-hydrogen) atoms. The Morgan fingerprint density at radius 1 is 1.53 bits per heavy atom. The van der Waals surface area contributed by atoms with Gasteiger partial charge in [0.15, 0.2) is 5.82 Å². The molecule has 1 rings (SSSR count). The Morgan fingerprint density at radius 2 is 2.29 bits per heavy atom. The van der Waals surface area contributed by atoms with Crippen LogP contribution in [0.1, 0.15) is 17.4 Å². The molecule has 0 aliphatic heterocycles. The average Bonchev–Trinajstić information content (AvgIpc) is 2.38. The van der Waals surface area contributed by atoms with E-state index >= 15 is 0 Å². The van der Waals surface area contributed by atoms with Crippen LogP contribution in [-0.2, 0) is 10.8 Å². The number of hydrazine groups is 1. The average molecular weight is 257 g/mol. The van der Waals surface area contributed by atoms with Crippen LogP contribution >= 0.6 is 0 Å². The van der Waals surface area contributed by atoms with Crippen LogP contribution in [0.2, 0.25) is 0 Å². The molecular weight excluding hydrogens is 242 g/mol. The molecule has 1 atom stereocenters. The number of nitrogens with zero attached hydrogens (tertiary/aromatic N) is 2. The zero-order valence-electron chi connectivity index (χ0n) is 9.47. The SMILES string of the molecule is CCS(=O)CCNC(=O)c1cncc(NN)n1. The number of carbonyl (C=O) groups excluding carboxylic acids is 1. The summed E-state index contributed by atoms with van der Waals surface area (Å²) >= 11 is 0. The summed E-state index contributed by atoms with van der Waals surface area (Å²) in [5, 5.41) is 2.61. The number of aromatic nitrogens is 2. The number of nitrogens with two attached hydrogens (primary N) is 1. The Hall–Kier alpha value is -1.54. The second kappa shape index (κ2) is 6.92. The van der Waals surface area contributed by atoms with Crippen molar-refractivity contribution in [1.82, 2.24) is 15.3 Å². The van der Waals surface area contributed by atoms with Crippen LogP contribution in [0, 0.1) is 0 Å². The van der Waals surface area contributed by atoms with Crippen molar-refractivity contribution in [2.45, 2.75) is 6.92 Å². The Labute approximate surface area is 102 Å². The number of nitrogen functional groups attached to an aromatic ring is 1. The molecule has 1 unspecified atom stereocenters. The molecular formula is C9H15N5O2S. The predicted molar refractivity (Wildman–Crippen MR) is 65.7 cm³/mol. The van der Waals surface area contributed by atoms with E-state index in [4.69, 9.17) is 5.84 Å². The minimum Gasteiger partial charge on any atom is -0.350 e. The van der Waals surface area contributed by atoms with Crippen LogP contribution in [-0.4, -0.2) is 38.1 Å². The summed E-state index contributed by atoms with van der Waals surface area (Å²) in [7, 11) is -0.889. The summed E-state index contributed by atoms with van der Waals surface area (Å²) in [5.74, 6) is 6.13. The van der Waals surface area contributed by atoms with Crippen molar-refractivity contribution in [2.24, 2.45) is 5.84 Å². The summed E-state index contributed by atoms with van der Waals surface area (Å²) < 4.78 is 11.1. The third-order valence-corrected chi connectivity index (χ3v) is 3.26. The molecule has 1 aromatic heterocycles. The molecule has 0 spiro atoms. The molecule has 0 saturated carbocycles. The van der Waals surface area contributed by atoms with Crippen molar-refractivity contribution < 1.29 is 9.00 Å². The molecule has 0 aliphatic carbocycles. The number of hydrogen-bond donors (Lipinski definition) is 3. The molecule has 1 amide bonds. The fourth-order valence-corrected chi connectivity index (χ4v) is 1.68. The minimum atomic E-state index is -0.889. The van der Waals surface area contributed by atoms with Crippen molar-refractivity contribution in [2.75, 3.05) is 23.5 Å². The molecule has 0 aliphatic rings. The van der Waals surface area contributed by atoms with Crippen LogP contribution < -0.4 is 16.6 Å². The summed E-state index contributed by atoms with van der Waals surface area (Å²) in [6.45, 7) is 2.18. The van der Waals surface area contributed by atoms with E-state index < -0.39 is 10.8 Å². The summed E-state index contributed by atoms with van der Waals surface area (Å²) in [5.41, 5.74) is 2.47. The lowest BCUT2D eigenvalue weighted by Gasteiger charge is -2.05. The van der Waals surface area contributed by atoms with E-state index in [-0.39, 0.29) is 11.6 Å². The van der Waals surface area contributed by atoms with Gasteiger partial charge in [-0.15, -0.1) is 0 Å². The first-order chi connectivity index (χ1) is 8.17. The first kappa shape index (κ1) is 13.5. The van der Waals surface area contributed by atoms with E-state index in [0.29, 0.717) is 23.9 Å². The molecule has 0 aromatic carbocycles. The van der Waals surface area contributed by atoms with Gasteiger partial charge >= 0.3 is 0 Å². The summed E-state index contributed by atoms with van der Waals surface area (Å²) in [6.07, 6.45) is 2.75. The summed E-state index contributed by atoms with van der Waals surface area (Å²) in [4.78, 5) is 19.3. The van der Waals surface area contributed by atoms with E-state index in [1.54, 1.807) is 0 Å². The highest BCUT2D eigenvalue weighted by Gasteiger charge is 2.08. The Morgan fingerprint density at radius 3 is 2.94 bits per heavy atom.